The molecule has 2 rings (SSSR count). The van der Waals surface area contributed by atoms with Gasteiger partial charge in [-0.1, -0.05) is 101 Å². The van der Waals surface area contributed by atoms with Crippen molar-refractivity contribution in [1.82, 2.24) is 0 Å². The molecule has 1 atom stereocenters. The molecule has 7 heteroatoms. The van der Waals surface area contributed by atoms with Gasteiger partial charge in [0.2, 0.25) is 8.32 Å². The summed E-state index contributed by atoms with van der Waals surface area (Å²) < 4.78 is 14.5. The first kappa shape index (κ1) is 39.7. The van der Waals surface area contributed by atoms with Gasteiger partial charge in [0.1, 0.15) is 5.75 Å². The molecule has 0 saturated carbocycles. The van der Waals surface area contributed by atoms with Crippen LogP contribution in [0.3, 0.4) is 0 Å². The fourth-order valence-electron chi connectivity index (χ4n) is 8.20. The Morgan fingerprint density at radius 3 is 1.70 bits per heavy atom. The third kappa shape index (κ3) is 10.0. The molecule has 0 unspecified atom stereocenters. The first-order valence-corrected chi connectivity index (χ1v) is 23.7. The highest BCUT2D eigenvalue weighted by atomic mass is 32.2. The van der Waals surface area contributed by atoms with Gasteiger partial charge in [-0.2, -0.15) is 0 Å². The SMILES string of the molecule is CC(=O)/C=C/C[C@H](CC1(CCc2ccc(O[Si](C(C)C)(C(C)C)C(C)C)cc2)SCCCS1)O[Si](C(C)C)(C(C)C)C(C)C. The highest BCUT2D eigenvalue weighted by Crippen LogP contribution is 2.51. The van der Waals surface area contributed by atoms with Crippen LogP contribution in [0.4, 0.5) is 0 Å². The van der Waals surface area contributed by atoms with Crippen LogP contribution in [0, 0.1) is 0 Å². The quantitative estimate of drug-likeness (QED) is 0.114. The lowest BCUT2D eigenvalue weighted by Gasteiger charge is -2.47. The Labute approximate surface area is 283 Å². The second-order valence-corrected chi connectivity index (χ2v) is 29.0. The highest BCUT2D eigenvalue weighted by Gasteiger charge is 2.48. The van der Waals surface area contributed by atoms with E-state index in [9.17, 15) is 4.79 Å². The number of allylic oxidation sites excluding steroid dienone is 1. The molecule has 252 valence electrons. The van der Waals surface area contributed by atoms with Crippen LogP contribution in [0.25, 0.3) is 0 Å². The van der Waals surface area contributed by atoms with Crippen molar-refractivity contribution in [3.8, 4) is 5.75 Å². The van der Waals surface area contributed by atoms with E-state index in [0.717, 1.165) is 31.4 Å². The topological polar surface area (TPSA) is 35.5 Å². The van der Waals surface area contributed by atoms with Gasteiger partial charge in [-0.3, -0.25) is 4.79 Å². The lowest BCUT2D eigenvalue weighted by Crippen LogP contribution is -2.51. The second kappa shape index (κ2) is 17.6. The second-order valence-electron chi connectivity index (χ2n) is 15.0. The molecule has 1 aliphatic heterocycles. The number of rotatable bonds is 18. The minimum Gasteiger partial charge on any atom is -0.543 e. The van der Waals surface area contributed by atoms with Gasteiger partial charge in [-0.05, 0) is 108 Å². The van der Waals surface area contributed by atoms with Crippen LogP contribution < -0.4 is 4.43 Å². The largest absolute Gasteiger partial charge is 0.543 e. The average Bonchev–Trinajstić information content (AvgIpc) is 2.93. The van der Waals surface area contributed by atoms with Crippen LogP contribution in [0.1, 0.15) is 121 Å². The number of hydrogen-bond acceptors (Lipinski definition) is 5. The van der Waals surface area contributed by atoms with Crippen LogP contribution in [0.5, 0.6) is 5.75 Å². The Morgan fingerprint density at radius 1 is 0.795 bits per heavy atom. The number of aryl methyl sites for hydroxylation is 1. The van der Waals surface area contributed by atoms with Crippen LogP contribution in [0.15, 0.2) is 36.4 Å². The molecule has 1 fully saturated rings. The van der Waals surface area contributed by atoms with E-state index in [1.54, 1.807) is 13.0 Å². The van der Waals surface area contributed by atoms with Gasteiger partial charge in [0.15, 0.2) is 5.78 Å². The Morgan fingerprint density at radius 2 is 1.27 bits per heavy atom. The van der Waals surface area contributed by atoms with E-state index in [0.29, 0.717) is 33.2 Å². The zero-order valence-electron chi connectivity index (χ0n) is 30.5. The highest BCUT2D eigenvalue weighted by molar-refractivity contribution is 8.18. The number of thioether (sulfide) groups is 2. The molecule has 0 aliphatic carbocycles. The molecular formula is C37H66O3S2Si2. The standard InChI is InChI=1S/C37H66O3S2Si2/c1-27(2)43(28(3)4,29(5)6)39-35-20-18-34(19-21-35)22-23-37(41-24-15-25-42-37)26-36(17-14-16-33(13)38)40-44(30(7)8,31(9)10)32(11)12/h14,16,18-21,27-32,36H,15,17,22-26H2,1-13H3/b16-14+/t36-/m1/s1. The Hall–Kier alpha value is -0.476. The summed E-state index contributed by atoms with van der Waals surface area (Å²) in [6.45, 7) is 30.0. The molecule has 0 spiro atoms. The minimum absolute atomic E-state index is 0.113. The van der Waals surface area contributed by atoms with Gasteiger partial charge >= 0.3 is 0 Å². The number of ketones is 1. The molecule has 0 radical (unpaired) electrons. The summed E-state index contributed by atoms with van der Waals surface area (Å²) in [5, 5.41) is 0. The van der Waals surface area contributed by atoms with Crippen molar-refractivity contribution in [1.29, 1.82) is 0 Å². The minimum atomic E-state index is -2.07. The molecule has 3 nitrogen and oxygen atoms in total. The fourth-order valence-corrected chi connectivity index (χ4v) is 22.5. The van der Waals surface area contributed by atoms with Gasteiger partial charge in [-0.15, -0.1) is 23.5 Å². The lowest BCUT2D eigenvalue weighted by molar-refractivity contribution is -0.112. The Kier molecular flexibility index (Phi) is 15.9. The lowest BCUT2D eigenvalue weighted by atomic mass is 10.0. The summed E-state index contributed by atoms with van der Waals surface area (Å²) in [6.07, 6.45) is 9.23. The maximum absolute atomic E-state index is 11.8. The van der Waals surface area contributed by atoms with Crippen LogP contribution in [-0.2, 0) is 15.6 Å². The molecular weight excluding hydrogens is 613 g/mol. The van der Waals surface area contributed by atoms with Crippen molar-refractivity contribution < 1.29 is 13.6 Å². The van der Waals surface area contributed by atoms with Crippen molar-refractivity contribution in [2.24, 2.45) is 0 Å². The van der Waals surface area contributed by atoms with Crippen LogP contribution in [0.2, 0.25) is 33.2 Å². The number of hydrogen-bond donors (Lipinski definition) is 0. The summed E-state index contributed by atoms with van der Waals surface area (Å²) in [4.78, 5) is 11.8. The normalized spacial score (nSPS) is 17.2. The maximum atomic E-state index is 11.8. The predicted octanol–water partition coefficient (Wildman–Crippen LogP) is 12.2. The first-order valence-electron chi connectivity index (χ1n) is 17.4. The van der Waals surface area contributed by atoms with Gasteiger partial charge < -0.3 is 8.85 Å². The van der Waals surface area contributed by atoms with Gasteiger partial charge in [0.25, 0.3) is 8.32 Å². The van der Waals surface area contributed by atoms with Gasteiger partial charge in [-0.25, -0.2) is 0 Å². The van der Waals surface area contributed by atoms with Crippen molar-refractivity contribution in [3.05, 3.63) is 42.0 Å². The number of carbonyl (C=O) groups is 1. The third-order valence-corrected chi connectivity index (χ3v) is 25.8. The third-order valence-electron chi connectivity index (χ3n) is 10.1. The predicted molar refractivity (Wildman–Crippen MR) is 204 cm³/mol. The fraction of sp³-hybridized carbons (Fsp3) is 0.757. The monoisotopic (exact) mass is 678 g/mol. The molecule has 44 heavy (non-hydrogen) atoms. The molecule has 1 heterocycles. The van der Waals surface area contributed by atoms with Crippen molar-refractivity contribution >= 4 is 45.9 Å². The molecule has 0 amide bonds. The molecule has 0 bridgehead atoms. The van der Waals surface area contributed by atoms with Crippen molar-refractivity contribution in [2.45, 2.75) is 166 Å². The van der Waals surface area contributed by atoms with E-state index in [2.05, 4.69) is 137 Å². The van der Waals surface area contributed by atoms with E-state index in [-0.39, 0.29) is 16.0 Å². The average molecular weight is 679 g/mol. The summed E-state index contributed by atoms with van der Waals surface area (Å²) in [5.74, 6) is 3.57. The molecule has 0 aromatic heterocycles. The van der Waals surface area contributed by atoms with Crippen LogP contribution >= 0.6 is 23.5 Å². The zero-order valence-corrected chi connectivity index (χ0v) is 34.1. The maximum Gasteiger partial charge on any atom is 0.258 e. The summed E-state index contributed by atoms with van der Waals surface area (Å²) in [6, 6.07) is 9.06. The number of benzene rings is 1. The van der Waals surface area contributed by atoms with Gasteiger partial charge in [0.05, 0.1) is 10.2 Å². The van der Waals surface area contributed by atoms with E-state index < -0.39 is 16.6 Å². The molecule has 0 N–H and O–H groups in total. The molecule has 1 saturated heterocycles. The molecule has 1 aliphatic rings. The van der Waals surface area contributed by atoms with E-state index >= 15 is 0 Å². The van der Waals surface area contributed by atoms with E-state index in [1.807, 2.05) is 0 Å². The smallest absolute Gasteiger partial charge is 0.258 e. The van der Waals surface area contributed by atoms with E-state index in [1.165, 1.54) is 23.5 Å². The Balaban J connectivity index is 2.32. The van der Waals surface area contributed by atoms with Crippen molar-refractivity contribution in [2.75, 3.05) is 11.5 Å². The molecule has 1 aromatic carbocycles. The zero-order chi connectivity index (χ0) is 33.3. The molecule has 1 aromatic rings. The van der Waals surface area contributed by atoms with E-state index in [4.69, 9.17) is 8.85 Å². The summed E-state index contributed by atoms with van der Waals surface area (Å²) in [7, 11) is -4.04. The summed E-state index contributed by atoms with van der Waals surface area (Å²) in [5.41, 5.74) is 4.68. The first-order chi connectivity index (χ1) is 20.5. The Bertz CT molecular complexity index is 984. The van der Waals surface area contributed by atoms with Crippen molar-refractivity contribution in [3.63, 3.8) is 0 Å². The van der Waals surface area contributed by atoms with Crippen LogP contribution in [-0.4, -0.2) is 44.1 Å². The summed E-state index contributed by atoms with van der Waals surface area (Å²) >= 11 is 4.32. The van der Waals surface area contributed by atoms with Gasteiger partial charge in [0, 0.05) is 0 Å². The number of carbonyl (C=O) groups excluding carboxylic acids is 1.